The first-order valence-electron chi connectivity index (χ1n) is 9.26. The zero-order valence-electron chi connectivity index (χ0n) is 17.1. The molecule has 1 aromatic heterocycles. The highest BCUT2D eigenvalue weighted by molar-refractivity contribution is 9.10. The number of ether oxygens (including phenoxy) is 1. The van der Waals surface area contributed by atoms with E-state index in [2.05, 4.69) is 37.0 Å². The van der Waals surface area contributed by atoms with Gasteiger partial charge in [0.25, 0.3) is 5.25 Å². The lowest BCUT2D eigenvalue weighted by molar-refractivity contribution is -0.142. The van der Waals surface area contributed by atoms with Crippen molar-refractivity contribution in [3.05, 3.63) is 52.8 Å². The van der Waals surface area contributed by atoms with Crippen molar-refractivity contribution < 1.29 is 23.1 Å². The molecule has 0 unspecified atom stereocenters. The van der Waals surface area contributed by atoms with Crippen LogP contribution in [0.2, 0.25) is 0 Å². The van der Waals surface area contributed by atoms with E-state index in [-0.39, 0.29) is 11.7 Å². The molecule has 0 aliphatic rings. The molecule has 0 aliphatic carbocycles. The van der Waals surface area contributed by atoms with E-state index in [1.807, 2.05) is 24.3 Å². The van der Waals surface area contributed by atoms with Crippen LogP contribution in [-0.4, -0.2) is 40.3 Å². The number of carbonyl (C=O) groups excluding carboxylic acids is 2. The number of hydrogen-bond donors (Lipinski definition) is 1. The van der Waals surface area contributed by atoms with Crippen LogP contribution >= 0.6 is 27.7 Å². The minimum atomic E-state index is -2.94. The molecule has 3 aromatic rings. The van der Waals surface area contributed by atoms with E-state index in [9.17, 15) is 23.6 Å². The highest BCUT2D eigenvalue weighted by Crippen LogP contribution is 2.38. The number of fused-ring (bicyclic) bond motifs is 1. The van der Waals surface area contributed by atoms with E-state index >= 15 is 0 Å². The molecule has 0 bridgehead atoms. The van der Waals surface area contributed by atoms with Crippen LogP contribution in [0.5, 0.6) is 0 Å². The summed E-state index contributed by atoms with van der Waals surface area (Å²) in [6.07, 6.45) is 1.94. The third-order valence-electron chi connectivity index (χ3n) is 3.85. The van der Waals surface area contributed by atoms with Crippen molar-refractivity contribution in [1.29, 1.82) is 5.26 Å². The van der Waals surface area contributed by atoms with Crippen molar-refractivity contribution in [1.82, 2.24) is 14.9 Å². The predicted molar refractivity (Wildman–Crippen MR) is 121 cm³/mol. The van der Waals surface area contributed by atoms with Gasteiger partial charge in [-0.05, 0) is 46.7 Å². The minimum Gasteiger partial charge on any atom is -0.465 e. The second kappa shape index (κ2) is 11.6. The lowest BCUT2D eigenvalue weighted by Gasteiger charge is -2.15. The zero-order chi connectivity index (χ0) is 23.7. The number of imidazole rings is 1. The Morgan fingerprint density at radius 3 is 2.62 bits per heavy atom. The van der Waals surface area contributed by atoms with Gasteiger partial charge in [-0.1, -0.05) is 24.3 Å². The SMILES string of the molecule is CC(F)(F)Sc1ncc(Br)n1-c1ccc(C#N)c2ccccc12.CCOC(=O)CNC=O. The Kier molecular flexibility index (Phi) is 9.16. The molecule has 7 nitrogen and oxygen atoms in total. The van der Waals surface area contributed by atoms with E-state index in [0.29, 0.717) is 40.6 Å². The summed E-state index contributed by atoms with van der Waals surface area (Å²) in [6.45, 7) is 2.84. The average molecular weight is 525 g/mol. The van der Waals surface area contributed by atoms with Gasteiger partial charge in [-0.25, -0.2) is 4.98 Å². The molecule has 1 heterocycles. The summed E-state index contributed by atoms with van der Waals surface area (Å²) in [4.78, 5) is 24.0. The summed E-state index contributed by atoms with van der Waals surface area (Å²) in [5, 5.41) is 10.2. The number of rotatable bonds is 7. The van der Waals surface area contributed by atoms with Crippen LogP contribution in [0.3, 0.4) is 0 Å². The number of halogens is 3. The number of nitrogens with zero attached hydrogens (tertiary/aromatic N) is 3. The highest BCUT2D eigenvalue weighted by Gasteiger charge is 2.27. The summed E-state index contributed by atoms with van der Waals surface area (Å²) in [6, 6.07) is 13.0. The molecule has 0 radical (unpaired) electrons. The summed E-state index contributed by atoms with van der Waals surface area (Å²) in [5.74, 6) is -0.412. The van der Waals surface area contributed by atoms with E-state index in [4.69, 9.17) is 0 Å². The lowest BCUT2D eigenvalue weighted by Crippen LogP contribution is -2.23. The van der Waals surface area contributed by atoms with E-state index in [1.54, 1.807) is 23.6 Å². The summed E-state index contributed by atoms with van der Waals surface area (Å²) >= 11 is 3.75. The van der Waals surface area contributed by atoms with Gasteiger partial charge in [0.2, 0.25) is 6.41 Å². The van der Waals surface area contributed by atoms with Gasteiger partial charge in [-0.15, -0.1) is 0 Å². The van der Waals surface area contributed by atoms with Gasteiger partial charge in [-0.3, -0.25) is 14.2 Å². The van der Waals surface area contributed by atoms with E-state index < -0.39 is 11.2 Å². The molecule has 0 saturated heterocycles. The maximum Gasteiger partial charge on any atom is 0.325 e. The fourth-order valence-electron chi connectivity index (χ4n) is 2.68. The third-order valence-corrected chi connectivity index (χ3v) is 5.24. The zero-order valence-corrected chi connectivity index (χ0v) is 19.5. The second-order valence-corrected chi connectivity index (χ2v) is 8.30. The molecule has 168 valence electrons. The van der Waals surface area contributed by atoms with Crippen LogP contribution in [0.1, 0.15) is 19.4 Å². The molecule has 32 heavy (non-hydrogen) atoms. The van der Waals surface area contributed by atoms with Crippen LogP contribution in [0.25, 0.3) is 16.5 Å². The fourth-order valence-corrected chi connectivity index (χ4v) is 3.97. The molecule has 1 N–H and O–H groups in total. The topological polar surface area (TPSA) is 97.0 Å². The van der Waals surface area contributed by atoms with Gasteiger partial charge in [-0.2, -0.15) is 14.0 Å². The molecule has 1 amide bonds. The lowest BCUT2D eigenvalue weighted by atomic mass is 10.0. The van der Waals surface area contributed by atoms with Gasteiger partial charge in [0.05, 0.1) is 30.1 Å². The highest BCUT2D eigenvalue weighted by atomic mass is 79.9. The number of thioether (sulfide) groups is 1. The van der Waals surface area contributed by atoms with E-state index in [1.165, 1.54) is 6.20 Å². The Bertz CT molecular complexity index is 1140. The maximum absolute atomic E-state index is 13.4. The molecule has 2 aromatic carbocycles. The Balaban J connectivity index is 0.000000344. The van der Waals surface area contributed by atoms with Crippen LogP contribution in [-0.2, 0) is 14.3 Å². The number of esters is 1. The number of carbonyl (C=O) groups is 2. The number of nitriles is 1. The molecular formula is C21H19BrF2N4O3S. The monoisotopic (exact) mass is 524 g/mol. The van der Waals surface area contributed by atoms with Gasteiger partial charge in [0.1, 0.15) is 11.1 Å². The predicted octanol–water partition coefficient (Wildman–Crippen LogP) is 4.66. The number of nitrogens with one attached hydrogen (secondary N) is 1. The van der Waals surface area contributed by atoms with Crippen molar-refractivity contribution in [2.24, 2.45) is 0 Å². The molecule has 0 spiro atoms. The fraction of sp³-hybridized carbons (Fsp3) is 0.238. The first kappa shape index (κ1) is 25.3. The summed E-state index contributed by atoms with van der Waals surface area (Å²) in [7, 11) is 0. The molecule has 3 rings (SSSR count). The van der Waals surface area contributed by atoms with Crippen LogP contribution in [0.15, 0.2) is 52.4 Å². The second-order valence-electron chi connectivity index (χ2n) is 6.20. The molecule has 0 atom stereocenters. The largest absolute Gasteiger partial charge is 0.465 e. The van der Waals surface area contributed by atoms with Crippen LogP contribution < -0.4 is 5.32 Å². The smallest absolute Gasteiger partial charge is 0.325 e. The third kappa shape index (κ3) is 6.77. The van der Waals surface area contributed by atoms with Gasteiger partial charge >= 0.3 is 5.97 Å². The molecular weight excluding hydrogens is 506 g/mol. The Morgan fingerprint density at radius 1 is 1.34 bits per heavy atom. The molecule has 11 heteroatoms. The average Bonchev–Trinajstić information content (AvgIpc) is 3.10. The van der Waals surface area contributed by atoms with E-state index in [0.717, 1.165) is 17.7 Å². The Morgan fingerprint density at radius 2 is 2.03 bits per heavy atom. The number of aromatic nitrogens is 2. The summed E-state index contributed by atoms with van der Waals surface area (Å²) in [5.41, 5.74) is 1.23. The van der Waals surface area contributed by atoms with Crippen molar-refractivity contribution in [3.8, 4) is 11.8 Å². The summed E-state index contributed by atoms with van der Waals surface area (Å²) < 4.78 is 33.5. The quantitative estimate of drug-likeness (QED) is 0.274. The first-order valence-corrected chi connectivity index (χ1v) is 10.9. The van der Waals surface area contributed by atoms with Gasteiger partial charge in [0.15, 0.2) is 5.16 Å². The number of alkyl halides is 2. The van der Waals surface area contributed by atoms with Crippen molar-refractivity contribution in [2.75, 3.05) is 13.2 Å². The normalized spacial score (nSPS) is 10.6. The number of benzene rings is 2. The van der Waals surface area contributed by atoms with Crippen molar-refractivity contribution >= 4 is 50.8 Å². The maximum atomic E-state index is 13.4. The van der Waals surface area contributed by atoms with Crippen LogP contribution in [0, 0.1) is 11.3 Å². The van der Waals surface area contributed by atoms with Crippen LogP contribution in [0.4, 0.5) is 8.78 Å². The minimum absolute atomic E-state index is 0.0443. The van der Waals surface area contributed by atoms with Gasteiger partial charge < -0.3 is 10.1 Å². The molecule has 0 fully saturated rings. The van der Waals surface area contributed by atoms with Crippen molar-refractivity contribution in [2.45, 2.75) is 24.3 Å². The number of hydrogen-bond acceptors (Lipinski definition) is 6. The Hall–Kier alpha value is -2.97. The number of amides is 1. The first-order chi connectivity index (χ1) is 15.2. The van der Waals surface area contributed by atoms with Gasteiger partial charge in [0, 0.05) is 17.7 Å². The standard InChI is InChI=1S/C16H10BrF2N3S.C5H9NO3/c1-16(18,19)23-15-21-9-14(17)22(15)13-7-6-10(8-20)11-4-2-3-5-12(11)13;1-2-9-5(8)3-6-4-7/h2-7,9H,1H3;4H,2-3H2,1H3,(H,6,7). The molecule has 0 aliphatic heterocycles. The van der Waals surface area contributed by atoms with Crippen molar-refractivity contribution in [3.63, 3.8) is 0 Å². The Labute approximate surface area is 195 Å². The molecule has 0 saturated carbocycles.